The van der Waals surface area contributed by atoms with Crippen molar-refractivity contribution >= 4 is 24.4 Å². The van der Waals surface area contributed by atoms with E-state index >= 15 is 0 Å². The number of carbonyl (C=O) groups excluding carboxylic acids is 4. The van der Waals surface area contributed by atoms with Gasteiger partial charge < -0.3 is 38.9 Å². The minimum atomic E-state index is -1.12. The monoisotopic (exact) mass is 583 g/mol. The lowest BCUT2D eigenvalue weighted by Gasteiger charge is -2.23. The third-order valence-corrected chi connectivity index (χ3v) is 4.80. The number of ether oxygens (including phenoxy) is 7. The molecule has 0 heterocycles. The van der Waals surface area contributed by atoms with Crippen LogP contribution >= 0.6 is 0 Å². The van der Waals surface area contributed by atoms with Crippen LogP contribution in [0.3, 0.4) is 0 Å². The molecule has 232 valence electrons. The van der Waals surface area contributed by atoms with Gasteiger partial charge in [0, 0.05) is 0 Å². The molecule has 0 amide bonds. The maximum absolute atomic E-state index is 12.7. The van der Waals surface area contributed by atoms with Gasteiger partial charge in [-0.05, 0) is 84.9 Å². The first kappa shape index (κ1) is 35.5. The Morgan fingerprint density at radius 2 is 1.22 bits per heavy atom. The van der Waals surface area contributed by atoms with E-state index in [0.29, 0.717) is 5.56 Å². The fourth-order valence-corrected chi connectivity index (χ4v) is 2.83. The molecule has 0 spiro atoms. The Hall–Kier alpha value is -3.54. The molecule has 41 heavy (non-hydrogen) atoms. The number of carbonyl (C=O) groups is 4. The first-order valence-electron chi connectivity index (χ1n) is 13.3. The van der Waals surface area contributed by atoms with Gasteiger partial charge in [0.15, 0.2) is 11.5 Å². The summed E-state index contributed by atoms with van der Waals surface area (Å²) in [6.45, 7) is 19.0. The van der Waals surface area contributed by atoms with Crippen molar-refractivity contribution < 1.29 is 52.3 Å². The lowest BCUT2D eigenvalue weighted by Crippen LogP contribution is -2.39. The highest BCUT2D eigenvalue weighted by molar-refractivity contribution is 5.76. The minimum Gasteiger partial charge on any atom is -0.458 e. The van der Waals surface area contributed by atoms with Gasteiger partial charge in [0.2, 0.25) is 0 Å². The Morgan fingerprint density at radius 1 is 0.732 bits per heavy atom. The second-order valence-corrected chi connectivity index (χ2v) is 12.8. The van der Waals surface area contributed by atoms with Crippen LogP contribution in [0.2, 0.25) is 0 Å². The molecule has 0 fully saturated rings. The van der Waals surface area contributed by atoms with E-state index in [2.05, 4.69) is 0 Å². The Balaban J connectivity index is 2.94. The molecule has 0 radical (unpaired) electrons. The Bertz CT molecular complexity index is 1060. The zero-order chi connectivity index (χ0) is 31.8. The summed E-state index contributed by atoms with van der Waals surface area (Å²) in [5, 5.41) is 0. The third kappa shape index (κ3) is 15.1. The average molecular weight is 584 g/mol. The van der Waals surface area contributed by atoms with Crippen molar-refractivity contribution in [2.24, 2.45) is 11.1 Å². The number of nitrogens with two attached hydrogens (primary N) is 1. The summed E-state index contributed by atoms with van der Waals surface area (Å²) in [6.07, 6.45) is -4.54. The molecular formula is C29H45NO11. The fourth-order valence-electron chi connectivity index (χ4n) is 2.83. The van der Waals surface area contributed by atoms with Gasteiger partial charge in [-0.15, -0.1) is 0 Å². The van der Waals surface area contributed by atoms with Gasteiger partial charge in [0.1, 0.15) is 29.5 Å². The van der Waals surface area contributed by atoms with E-state index in [1.807, 2.05) is 20.8 Å². The van der Waals surface area contributed by atoms with Crippen molar-refractivity contribution in [2.45, 2.75) is 112 Å². The largest absolute Gasteiger partial charge is 0.514 e. The van der Waals surface area contributed by atoms with E-state index < -0.39 is 53.9 Å². The number of hydrogen-bond donors (Lipinski definition) is 1. The molecular weight excluding hydrogens is 538 g/mol. The highest BCUT2D eigenvalue weighted by Crippen LogP contribution is 2.31. The molecule has 0 saturated heterocycles. The molecule has 0 aliphatic rings. The van der Waals surface area contributed by atoms with Crippen molar-refractivity contribution in [3.05, 3.63) is 23.8 Å². The minimum absolute atomic E-state index is 0.0220. The number of rotatable bonds is 9. The fraction of sp³-hybridized carbons (Fsp3) is 0.655. The molecule has 1 aromatic carbocycles. The van der Waals surface area contributed by atoms with Crippen LogP contribution in [-0.4, -0.2) is 60.5 Å². The van der Waals surface area contributed by atoms with Crippen LogP contribution < -0.4 is 15.2 Å². The molecule has 0 aliphatic heterocycles. The van der Waals surface area contributed by atoms with E-state index in [4.69, 9.17) is 38.9 Å². The smallest absolute Gasteiger partial charge is 0.458 e. The number of esters is 1. The van der Waals surface area contributed by atoms with Gasteiger partial charge in [-0.25, -0.2) is 14.4 Å². The van der Waals surface area contributed by atoms with Crippen molar-refractivity contribution in [2.75, 3.05) is 6.61 Å². The highest BCUT2D eigenvalue weighted by Gasteiger charge is 2.27. The van der Waals surface area contributed by atoms with Crippen LogP contribution in [0.25, 0.3) is 0 Å². The van der Waals surface area contributed by atoms with Gasteiger partial charge >= 0.3 is 24.4 Å². The molecule has 0 bridgehead atoms. The van der Waals surface area contributed by atoms with Crippen molar-refractivity contribution in [3.63, 3.8) is 0 Å². The quantitative estimate of drug-likeness (QED) is 0.215. The first-order valence-corrected chi connectivity index (χ1v) is 13.3. The summed E-state index contributed by atoms with van der Waals surface area (Å²) in [7, 11) is 0. The Kier molecular flexibility index (Phi) is 12.4. The predicted octanol–water partition coefficient (Wildman–Crippen LogP) is 5.70. The maximum atomic E-state index is 12.7. The van der Waals surface area contributed by atoms with Crippen LogP contribution in [0, 0.1) is 5.41 Å². The van der Waals surface area contributed by atoms with Gasteiger partial charge in [-0.2, -0.15) is 0 Å². The average Bonchev–Trinajstić information content (AvgIpc) is 2.76. The summed E-state index contributed by atoms with van der Waals surface area (Å²) in [5.41, 5.74) is 4.65. The summed E-state index contributed by atoms with van der Waals surface area (Å²) >= 11 is 0. The van der Waals surface area contributed by atoms with Crippen LogP contribution in [0.4, 0.5) is 14.4 Å². The van der Waals surface area contributed by atoms with Gasteiger partial charge in [0.05, 0.1) is 6.61 Å². The van der Waals surface area contributed by atoms with Gasteiger partial charge in [0.25, 0.3) is 0 Å². The third-order valence-electron chi connectivity index (χ3n) is 4.80. The highest BCUT2D eigenvalue weighted by atomic mass is 16.8. The topological polar surface area (TPSA) is 159 Å². The molecule has 12 nitrogen and oxygen atoms in total. The number of benzene rings is 1. The number of hydrogen-bond acceptors (Lipinski definition) is 12. The summed E-state index contributed by atoms with van der Waals surface area (Å²) in [6, 6.07) is 3.18. The molecule has 3 atom stereocenters. The van der Waals surface area contributed by atoms with E-state index in [0.717, 1.165) is 0 Å². The van der Waals surface area contributed by atoms with E-state index in [-0.39, 0.29) is 29.9 Å². The molecule has 0 unspecified atom stereocenters. The van der Waals surface area contributed by atoms with Crippen LogP contribution in [0.5, 0.6) is 11.5 Å². The Labute approximate surface area is 242 Å². The molecule has 1 aromatic rings. The van der Waals surface area contributed by atoms with Crippen molar-refractivity contribution in [1.29, 1.82) is 0 Å². The van der Waals surface area contributed by atoms with Crippen LogP contribution in [0.1, 0.15) is 81.7 Å². The van der Waals surface area contributed by atoms with Crippen molar-refractivity contribution in [1.82, 2.24) is 0 Å². The van der Waals surface area contributed by atoms with Crippen LogP contribution in [0.15, 0.2) is 18.2 Å². The standard InChI is InChI=1S/C29H45NO11/c1-17(18(2)37-24(32)35-16-27(3,4)5)36-23(31)20(30)14-19-12-13-21(38-25(33)40-28(6,7)8)22(15-19)39-26(34)41-29(9,10)11/h12-13,15,17-18,20H,14,16,30H2,1-11H3/t17-,18-,20-/m0/s1. The van der Waals surface area contributed by atoms with E-state index in [1.165, 1.54) is 18.2 Å². The lowest BCUT2D eigenvalue weighted by atomic mass is 9.99. The lowest BCUT2D eigenvalue weighted by molar-refractivity contribution is -0.155. The van der Waals surface area contributed by atoms with Crippen molar-refractivity contribution in [3.8, 4) is 11.5 Å². The molecule has 0 saturated carbocycles. The maximum Gasteiger partial charge on any atom is 0.514 e. The molecule has 2 N–H and O–H groups in total. The zero-order valence-electron chi connectivity index (χ0n) is 25.9. The summed E-state index contributed by atoms with van der Waals surface area (Å²) in [5.74, 6) is -1.00. The summed E-state index contributed by atoms with van der Waals surface area (Å²) < 4.78 is 36.5. The first-order chi connectivity index (χ1) is 18.5. The predicted molar refractivity (Wildman–Crippen MR) is 149 cm³/mol. The Morgan fingerprint density at radius 3 is 1.71 bits per heavy atom. The molecule has 1 rings (SSSR count). The second-order valence-electron chi connectivity index (χ2n) is 12.8. The molecule has 0 aromatic heterocycles. The van der Waals surface area contributed by atoms with Crippen LogP contribution in [-0.2, 0) is 34.9 Å². The molecule has 12 heteroatoms. The molecule has 0 aliphatic carbocycles. The second kappa shape index (κ2) is 14.4. The summed E-state index contributed by atoms with van der Waals surface area (Å²) in [4.78, 5) is 49.1. The van der Waals surface area contributed by atoms with Gasteiger partial charge in [-0.3, -0.25) is 4.79 Å². The SMILES string of the molecule is C[C@H](OC(=O)OCC(C)(C)C)[C@H](C)OC(=O)[C@@H](N)Cc1ccc(OC(=O)OC(C)(C)C)c(OC(=O)OC(C)(C)C)c1. The van der Waals surface area contributed by atoms with E-state index in [1.54, 1.807) is 55.4 Å². The van der Waals surface area contributed by atoms with E-state index in [9.17, 15) is 19.2 Å². The normalized spacial score (nSPS) is 14.1. The van der Waals surface area contributed by atoms with Gasteiger partial charge in [-0.1, -0.05) is 26.8 Å². The zero-order valence-corrected chi connectivity index (χ0v) is 25.9.